The van der Waals surface area contributed by atoms with Crippen molar-refractivity contribution >= 4 is 40.7 Å². The Morgan fingerprint density at radius 1 is 1.17 bits per heavy atom. The van der Waals surface area contributed by atoms with Gasteiger partial charge in [-0.15, -0.1) is 11.8 Å². The fourth-order valence-corrected chi connectivity index (χ4v) is 3.12. The lowest BCUT2D eigenvalue weighted by molar-refractivity contribution is -0.115. The van der Waals surface area contributed by atoms with Crippen LogP contribution < -0.4 is 5.32 Å². The van der Waals surface area contributed by atoms with Crippen LogP contribution in [0.15, 0.2) is 53.4 Å². The number of benzene rings is 2. The van der Waals surface area contributed by atoms with Crippen LogP contribution in [0.4, 0.5) is 5.69 Å². The normalized spacial score (nSPS) is 11.8. The molecule has 0 unspecified atom stereocenters. The highest BCUT2D eigenvalue weighted by Crippen LogP contribution is 2.27. The summed E-state index contributed by atoms with van der Waals surface area (Å²) in [6.07, 6.45) is 0.700. The maximum Gasteiger partial charge on any atom is 0.237 e. The Balaban J connectivity index is 2.06. The number of nitrogens with one attached hydrogen (secondary N) is 1. The molecule has 2 aromatic carbocycles. The average Bonchev–Trinajstić information content (AvgIpc) is 2.54. The molecule has 0 heterocycles. The van der Waals surface area contributed by atoms with E-state index in [0.717, 1.165) is 4.90 Å². The topological polar surface area (TPSA) is 46.2 Å². The molecule has 0 aliphatic carbocycles. The number of carbonyl (C=O) groups is 2. The standard InChI is InChI=1S/C18H18ClNO2S/c1-3-17(23-16-9-7-14(19)8-10-16)18(22)20-15-6-4-5-13(11-15)12(2)21/h4-11,17H,3H2,1-2H3,(H,20,22)/t17-/m1/s1. The van der Waals surface area contributed by atoms with Crippen molar-refractivity contribution in [3.63, 3.8) is 0 Å². The molecule has 0 aromatic heterocycles. The zero-order valence-corrected chi connectivity index (χ0v) is 14.6. The van der Waals surface area contributed by atoms with E-state index in [-0.39, 0.29) is 16.9 Å². The molecule has 5 heteroatoms. The molecule has 0 spiro atoms. The highest BCUT2D eigenvalue weighted by atomic mass is 35.5. The van der Waals surface area contributed by atoms with E-state index < -0.39 is 0 Å². The molecular formula is C18H18ClNO2S. The second-order valence-electron chi connectivity index (χ2n) is 5.09. The molecule has 2 aromatic rings. The van der Waals surface area contributed by atoms with Crippen LogP contribution in [0.2, 0.25) is 5.02 Å². The van der Waals surface area contributed by atoms with Gasteiger partial charge in [-0.2, -0.15) is 0 Å². The number of thioether (sulfide) groups is 1. The minimum atomic E-state index is -0.211. The Labute approximate surface area is 145 Å². The van der Waals surface area contributed by atoms with Gasteiger partial charge in [-0.3, -0.25) is 9.59 Å². The Kier molecular flexibility index (Phi) is 6.25. The number of rotatable bonds is 6. The molecule has 2 rings (SSSR count). The van der Waals surface area contributed by atoms with Crippen LogP contribution >= 0.6 is 23.4 Å². The van der Waals surface area contributed by atoms with Crippen LogP contribution in [-0.4, -0.2) is 16.9 Å². The molecule has 0 fully saturated rings. The molecule has 0 saturated heterocycles. The summed E-state index contributed by atoms with van der Waals surface area (Å²) in [5.74, 6) is -0.100. The number of carbonyl (C=O) groups excluding carboxylic acids is 2. The van der Waals surface area contributed by atoms with Gasteiger partial charge in [0.15, 0.2) is 5.78 Å². The number of Topliss-reactive ketones (excluding diaryl/α,β-unsaturated/α-hetero) is 1. The first-order valence-corrected chi connectivity index (χ1v) is 8.59. The summed E-state index contributed by atoms with van der Waals surface area (Å²) in [5, 5.41) is 3.34. The van der Waals surface area contributed by atoms with Gasteiger partial charge in [-0.25, -0.2) is 0 Å². The van der Waals surface area contributed by atoms with Crippen molar-refractivity contribution in [2.24, 2.45) is 0 Å². The number of hydrogen-bond donors (Lipinski definition) is 1. The molecule has 1 atom stereocenters. The summed E-state index contributed by atoms with van der Waals surface area (Å²) in [6.45, 7) is 3.48. The minimum absolute atomic E-state index is 0.0244. The summed E-state index contributed by atoms with van der Waals surface area (Å²) in [5.41, 5.74) is 1.22. The van der Waals surface area contributed by atoms with Gasteiger partial charge in [0, 0.05) is 21.2 Å². The summed E-state index contributed by atoms with van der Waals surface area (Å²) in [6, 6.07) is 14.4. The summed E-state index contributed by atoms with van der Waals surface area (Å²) in [4.78, 5) is 24.9. The molecule has 23 heavy (non-hydrogen) atoms. The minimum Gasteiger partial charge on any atom is -0.325 e. The number of halogens is 1. The number of anilines is 1. The van der Waals surface area contributed by atoms with Gasteiger partial charge in [0.05, 0.1) is 5.25 Å². The van der Waals surface area contributed by atoms with Crippen molar-refractivity contribution < 1.29 is 9.59 Å². The lowest BCUT2D eigenvalue weighted by Crippen LogP contribution is -2.24. The van der Waals surface area contributed by atoms with Gasteiger partial charge in [-0.05, 0) is 49.7 Å². The largest absolute Gasteiger partial charge is 0.325 e. The van der Waals surface area contributed by atoms with Crippen molar-refractivity contribution in [3.05, 3.63) is 59.1 Å². The molecular weight excluding hydrogens is 330 g/mol. The van der Waals surface area contributed by atoms with Crippen LogP contribution in [-0.2, 0) is 4.79 Å². The molecule has 1 amide bonds. The summed E-state index contributed by atoms with van der Waals surface area (Å²) >= 11 is 7.37. The molecule has 120 valence electrons. The van der Waals surface area contributed by atoms with Crippen LogP contribution in [0.25, 0.3) is 0 Å². The molecule has 0 aliphatic rings. The van der Waals surface area contributed by atoms with E-state index in [1.165, 1.54) is 18.7 Å². The van der Waals surface area contributed by atoms with Crippen molar-refractivity contribution in [2.75, 3.05) is 5.32 Å². The van der Waals surface area contributed by atoms with Crippen LogP contribution in [0, 0.1) is 0 Å². The second-order valence-corrected chi connectivity index (χ2v) is 6.81. The first kappa shape index (κ1) is 17.6. The zero-order valence-electron chi connectivity index (χ0n) is 13.0. The number of amides is 1. The lowest BCUT2D eigenvalue weighted by atomic mass is 10.1. The Morgan fingerprint density at radius 3 is 2.48 bits per heavy atom. The van der Waals surface area contributed by atoms with Crippen LogP contribution in [0.5, 0.6) is 0 Å². The van der Waals surface area contributed by atoms with E-state index in [1.54, 1.807) is 24.3 Å². The van der Waals surface area contributed by atoms with Crippen LogP contribution in [0.3, 0.4) is 0 Å². The first-order chi connectivity index (χ1) is 11.0. The van der Waals surface area contributed by atoms with E-state index in [1.807, 2.05) is 31.2 Å². The van der Waals surface area contributed by atoms with E-state index in [9.17, 15) is 9.59 Å². The third-order valence-electron chi connectivity index (χ3n) is 3.29. The fourth-order valence-electron chi connectivity index (χ4n) is 2.04. The molecule has 3 nitrogen and oxygen atoms in total. The van der Waals surface area contributed by atoms with E-state index in [4.69, 9.17) is 11.6 Å². The monoisotopic (exact) mass is 347 g/mol. The summed E-state index contributed by atoms with van der Waals surface area (Å²) < 4.78 is 0. The first-order valence-electron chi connectivity index (χ1n) is 7.33. The maximum absolute atomic E-state index is 12.5. The van der Waals surface area contributed by atoms with Crippen molar-refractivity contribution in [1.29, 1.82) is 0 Å². The molecule has 0 aliphatic heterocycles. The van der Waals surface area contributed by atoms with Gasteiger partial charge in [0.1, 0.15) is 0 Å². The van der Waals surface area contributed by atoms with Gasteiger partial charge in [0.25, 0.3) is 0 Å². The highest BCUT2D eigenvalue weighted by molar-refractivity contribution is 8.00. The van der Waals surface area contributed by atoms with Gasteiger partial charge in [-0.1, -0.05) is 30.7 Å². The fraction of sp³-hybridized carbons (Fsp3) is 0.222. The van der Waals surface area contributed by atoms with Gasteiger partial charge in [0.2, 0.25) is 5.91 Å². The molecule has 0 saturated carbocycles. The third kappa shape index (κ3) is 5.12. The predicted octanol–water partition coefficient (Wildman–Crippen LogP) is 5.05. The zero-order chi connectivity index (χ0) is 16.8. The second kappa shape index (κ2) is 8.18. The van der Waals surface area contributed by atoms with E-state index >= 15 is 0 Å². The number of ketones is 1. The third-order valence-corrected chi connectivity index (χ3v) is 4.92. The van der Waals surface area contributed by atoms with Crippen molar-refractivity contribution in [2.45, 2.75) is 30.4 Å². The summed E-state index contributed by atoms with van der Waals surface area (Å²) in [7, 11) is 0. The highest BCUT2D eigenvalue weighted by Gasteiger charge is 2.18. The Bertz CT molecular complexity index is 700. The quantitative estimate of drug-likeness (QED) is 0.587. The number of hydrogen-bond acceptors (Lipinski definition) is 3. The van der Waals surface area contributed by atoms with Crippen LogP contribution in [0.1, 0.15) is 30.6 Å². The van der Waals surface area contributed by atoms with Crippen molar-refractivity contribution in [1.82, 2.24) is 0 Å². The van der Waals surface area contributed by atoms with Gasteiger partial charge >= 0.3 is 0 Å². The van der Waals surface area contributed by atoms with E-state index in [0.29, 0.717) is 22.7 Å². The van der Waals surface area contributed by atoms with E-state index in [2.05, 4.69) is 5.32 Å². The molecule has 0 bridgehead atoms. The Hall–Kier alpha value is -1.78. The lowest BCUT2D eigenvalue weighted by Gasteiger charge is -2.15. The predicted molar refractivity (Wildman–Crippen MR) is 96.5 cm³/mol. The van der Waals surface area contributed by atoms with Gasteiger partial charge < -0.3 is 5.32 Å². The maximum atomic E-state index is 12.5. The smallest absolute Gasteiger partial charge is 0.237 e. The SMILES string of the molecule is CC[C@@H](Sc1ccc(Cl)cc1)C(=O)Nc1cccc(C(C)=O)c1. The molecule has 0 radical (unpaired) electrons. The molecule has 1 N–H and O–H groups in total. The average molecular weight is 348 g/mol. The van der Waals surface area contributed by atoms with Crippen molar-refractivity contribution in [3.8, 4) is 0 Å². The Morgan fingerprint density at radius 2 is 1.87 bits per heavy atom.